The van der Waals surface area contributed by atoms with Crippen molar-refractivity contribution in [1.29, 1.82) is 0 Å². The molecule has 0 spiro atoms. The van der Waals surface area contributed by atoms with E-state index in [9.17, 15) is 9.59 Å². The summed E-state index contributed by atoms with van der Waals surface area (Å²) < 4.78 is 0. The molecule has 6 nitrogen and oxygen atoms in total. The van der Waals surface area contributed by atoms with Gasteiger partial charge in [0.05, 0.1) is 0 Å². The van der Waals surface area contributed by atoms with E-state index in [0.717, 1.165) is 37.6 Å². The van der Waals surface area contributed by atoms with Gasteiger partial charge >= 0.3 is 6.03 Å². The van der Waals surface area contributed by atoms with Crippen molar-refractivity contribution in [2.24, 2.45) is 5.41 Å². The molecule has 1 fully saturated rings. The number of benzene rings is 1. The fraction of sp³-hybridized carbons (Fsp3) is 0.556. The van der Waals surface area contributed by atoms with E-state index in [1.807, 2.05) is 29.2 Å². The van der Waals surface area contributed by atoms with Crippen LogP contribution >= 0.6 is 0 Å². The Kier molecular flexibility index (Phi) is 5.70. The molecule has 0 atom stereocenters. The predicted octanol–water partition coefficient (Wildman–Crippen LogP) is 2.52. The van der Waals surface area contributed by atoms with Crippen LogP contribution in [0.4, 0.5) is 16.2 Å². The maximum absolute atomic E-state index is 11.9. The summed E-state index contributed by atoms with van der Waals surface area (Å²) in [5, 5.41) is 5.71. The Morgan fingerprint density at radius 2 is 1.62 bits per heavy atom. The van der Waals surface area contributed by atoms with Crippen LogP contribution in [0.15, 0.2) is 24.3 Å². The highest BCUT2D eigenvalue weighted by Crippen LogP contribution is 2.19. The molecule has 0 bridgehead atoms. The Hall–Kier alpha value is -2.24. The summed E-state index contributed by atoms with van der Waals surface area (Å²) in [4.78, 5) is 27.4. The molecule has 1 aromatic rings. The lowest BCUT2D eigenvalue weighted by molar-refractivity contribution is -0.129. The van der Waals surface area contributed by atoms with Gasteiger partial charge in [0.2, 0.25) is 5.91 Å². The molecule has 0 aliphatic carbocycles. The minimum Gasteiger partial charge on any atom is -0.368 e. The van der Waals surface area contributed by atoms with Crippen molar-refractivity contribution in [2.75, 3.05) is 42.9 Å². The van der Waals surface area contributed by atoms with Crippen LogP contribution in [0.3, 0.4) is 0 Å². The van der Waals surface area contributed by atoms with Crippen molar-refractivity contribution in [1.82, 2.24) is 10.2 Å². The lowest BCUT2D eigenvalue weighted by Gasteiger charge is -2.35. The van der Waals surface area contributed by atoms with Crippen LogP contribution in [0, 0.1) is 5.41 Å². The molecule has 0 aromatic heterocycles. The van der Waals surface area contributed by atoms with Crippen molar-refractivity contribution in [3.8, 4) is 0 Å². The molecule has 132 valence electrons. The topological polar surface area (TPSA) is 64.7 Å². The number of nitrogens with one attached hydrogen (secondary N) is 2. The normalized spacial score (nSPS) is 15.2. The van der Waals surface area contributed by atoms with Gasteiger partial charge in [-0.25, -0.2) is 4.79 Å². The number of hydrogen-bond donors (Lipinski definition) is 2. The average Bonchev–Trinajstić information content (AvgIpc) is 2.53. The molecule has 1 aliphatic heterocycles. The largest absolute Gasteiger partial charge is 0.368 e. The van der Waals surface area contributed by atoms with Gasteiger partial charge in [0.15, 0.2) is 0 Å². The van der Waals surface area contributed by atoms with E-state index in [4.69, 9.17) is 0 Å². The van der Waals surface area contributed by atoms with Crippen LogP contribution in [0.5, 0.6) is 0 Å². The monoisotopic (exact) mass is 332 g/mol. The second kappa shape index (κ2) is 7.55. The molecule has 1 heterocycles. The number of urea groups is 1. The van der Waals surface area contributed by atoms with E-state index >= 15 is 0 Å². The standard InChI is InChI=1S/C18H28N4O2/c1-14(23)21-9-11-22(12-10-21)16-7-5-15(6-8-16)20-17(24)19-13-18(2,3)4/h5-8H,9-13H2,1-4H3,(H2,19,20,24). The number of carbonyl (C=O) groups excluding carboxylic acids is 2. The molecule has 1 saturated heterocycles. The van der Waals surface area contributed by atoms with Gasteiger partial charge in [-0.1, -0.05) is 20.8 Å². The summed E-state index contributed by atoms with van der Waals surface area (Å²) in [6.45, 7) is 11.6. The Bertz CT molecular complexity index is 570. The molecule has 1 aromatic carbocycles. The highest BCUT2D eigenvalue weighted by molar-refractivity contribution is 5.89. The molecule has 1 aliphatic rings. The molecule has 24 heavy (non-hydrogen) atoms. The fourth-order valence-corrected chi connectivity index (χ4v) is 2.56. The first-order valence-electron chi connectivity index (χ1n) is 8.40. The maximum Gasteiger partial charge on any atom is 0.319 e. The zero-order valence-corrected chi connectivity index (χ0v) is 15.1. The van der Waals surface area contributed by atoms with Crippen molar-refractivity contribution >= 4 is 23.3 Å². The van der Waals surface area contributed by atoms with Gasteiger partial charge in [0.25, 0.3) is 0 Å². The molecule has 2 rings (SSSR count). The van der Waals surface area contributed by atoms with Gasteiger partial charge in [-0.2, -0.15) is 0 Å². The van der Waals surface area contributed by atoms with E-state index in [1.54, 1.807) is 6.92 Å². The Morgan fingerprint density at radius 3 is 2.12 bits per heavy atom. The van der Waals surface area contributed by atoms with Crippen molar-refractivity contribution < 1.29 is 9.59 Å². The van der Waals surface area contributed by atoms with Gasteiger partial charge < -0.3 is 20.4 Å². The Labute approximate surface area is 144 Å². The number of nitrogens with zero attached hydrogens (tertiary/aromatic N) is 2. The summed E-state index contributed by atoms with van der Waals surface area (Å²) in [6.07, 6.45) is 0. The third-order valence-corrected chi connectivity index (χ3v) is 3.99. The number of rotatable bonds is 3. The van der Waals surface area contributed by atoms with Gasteiger partial charge in [0.1, 0.15) is 0 Å². The quantitative estimate of drug-likeness (QED) is 0.894. The second-order valence-corrected chi connectivity index (χ2v) is 7.41. The third-order valence-electron chi connectivity index (χ3n) is 3.99. The van der Waals surface area contributed by atoms with Crippen LogP contribution in [0.1, 0.15) is 27.7 Å². The minimum atomic E-state index is -0.187. The first kappa shape index (κ1) is 18.1. The zero-order valence-electron chi connectivity index (χ0n) is 15.1. The number of piperazine rings is 1. The van der Waals surface area contributed by atoms with E-state index in [1.165, 1.54) is 0 Å². The van der Waals surface area contributed by atoms with Crippen molar-refractivity contribution in [2.45, 2.75) is 27.7 Å². The second-order valence-electron chi connectivity index (χ2n) is 7.41. The van der Waals surface area contributed by atoms with Gasteiger partial charge in [-0.15, -0.1) is 0 Å². The number of hydrogen-bond acceptors (Lipinski definition) is 3. The van der Waals surface area contributed by atoms with Crippen LogP contribution in [-0.4, -0.2) is 49.6 Å². The van der Waals surface area contributed by atoms with Crippen LogP contribution in [0.25, 0.3) is 0 Å². The maximum atomic E-state index is 11.9. The summed E-state index contributed by atoms with van der Waals surface area (Å²) in [5.74, 6) is 0.135. The smallest absolute Gasteiger partial charge is 0.319 e. The molecular weight excluding hydrogens is 304 g/mol. The fourth-order valence-electron chi connectivity index (χ4n) is 2.56. The van der Waals surface area contributed by atoms with Gasteiger partial charge in [0, 0.05) is 51.0 Å². The molecular formula is C18H28N4O2. The predicted molar refractivity (Wildman–Crippen MR) is 97.4 cm³/mol. The molecule has 6 heteroatoms. The summed E-state index contributed by atoms with van der Waals surface area (Å²) in [5.41, 5.74) is 1.94. The van der Waals surface area contributed by atoms with Crippen LogP contribution in [-0.2, 0) is 4.79 Å². The first-order valence-corrected chi connectivity index (χ1v) is 8.40. The van der Waals surface area contributed by atoms with Crippen molar-refractivity contribution in [3.63, 3.8) is 0 Å². The van der Waals surface area contributed by atoms with Gasteiger partial charge in [-0.05, 0) is 29.7 Å². The number of carbonyl (C=O) groups is 2. The molecule has 3 amide bonds. The van der Waals surface area contributed by atoms with Crippen LogP contribution < -0.4 is 15.5 Å². The lowest BCUT2D eigenvalue weighted by Crippen LogP contribution is -2.48. The highest BCUT2D eigenvalue weighted by Gasteiger charge is 2.18. The van der Waals surface area contributed by atoms with Crippen molar-refractivity contribution in [3.05, 3.63) is 24.3 Å². The Morgan fingerprint density at radius 1 is 1.04 bits per heavy atom. The summed E-state index contributed by atoms with van der Waals surface area (Å²) >= 11 is 0. The molecule has 0 unspecified atom stereocenters. The SMILES string of the molecule is CC(=O)N1CCN(c2ccc(NC(=O)NCC(C)(C)C)cc2)CC1. The zero-order chi connectivity index (χ0) is 17.7. The summed E-state index contributed by atoms with van der Waals surface area (Å²) in [7, 11) is 0. The minimum absolute atomic E-state index is 0.0587. The molecule has 2 N–H and O–H groups in total. The number of anilines is 2. The van der Waals surface area contributed by atoms with E-state index < -0.39 is 0 Å². The molecule has 0 radical (unpaired) electrons. The lowest BCUT2D eigenvalue weighted by atomic mass is 9.97. The summed E-state index contributed by atoms with van der Waals surface area (Å²) in [6, 6.07) is 7.63. The third kappa shape index (κ3) is 5.44. The highest BCUT2D eigenvalue weighted by atomic mass is 16.2. The van der Waals surface area contributed by atoms with E-state index in [0.29, 0.717) is 6.54 Å². The first-order chi connectivity index (χ1) is 11.2. The van der Waals surface area contributed by atoms with Crippen LogP contribution in [0.2, 0.25) is 0 Å². The van der Waals surface area contributed by atoms with E-state index in [-0.39, 0.29) is 17.4 Å². The molecule has 0 saturated carbocycles. The average molecular weight is 332 g/mol. The number of amides is 3. The van der Waals surface area contributed by atoms with E-state index in [2.05, 4.69) is 36.3 Å². The van der Waals surface area contributed by atoms with Gasteiger partial charge in [-0.3, -0.25) is 4.79 Å². The Balaban J connectivity index is 1.85.